The van der Waals surface area contributed by atoms with Crippen molar-refractivity contribution in [1.82, 2.24) is 0 Å². The first-order chi connectivity index (χ1) is 12.3. The van der Waals surface area contributed by atoms with E-state index in [-0.39, 0.29) is 21.1 Å². The van der Waals surface area contributed by atoms with Crippen LogP contribution in [0.15, 0.2) is 60.7 Å². The van der Waals surface area contributed by atoms with Crippen molar-refractivity contribution in [1.29, 1.82) is 0 Å². The monoisotopic (exact) mass is 480 g/mol. The van der Waals surface area contributed by atoms with Gasteiger partial charge in [0.2, 0.25) is 0 Å². The van der Waals surface area contributed by atoms with Crippen LogP contribution in [-0.4, -0.2) is 21.1 Å². The topological polar surface area (TPSA) is 0 Å². The van der Waals surface area contributed by atoms with Gasteiger partial charge in [-0.2, -0.15) is 11.5 Å². The Labute approximate surface area is 177 Å². The van der Waals surface area contributed by atoms with E-state index in [1.54, 1.807) is 8.87 Å². The first kappa shape index (κ1) is 24.9. The Morgan fingerprint density at radius 1 is 0.640 bits per heavy atom. The first-order valence-corrected chi connectivity index (χ1v) is 14.4. The van der Waals surface area contributed by atoms with E-state index in [1.807, 2.05) is 60.7 Å². The molecule has 136 valence electrons. The second kappa shape index (κ2) is 20.3. The van der Waals surface area contributed by atoms with Crippen molar-refractivity contribution in [3.8, 4) is 0 Å². The van der Waals surface area contributed by atoms with E-state index in [4.69, 9.17) is 25.3 Å². The molecule has 0 saturated heterocycles. The SMILES string of the molecule is CCC[CH2][Sn+2][CH2]CCC.[S-]Cc1ccccc1.[S-]Cc1ccccc1. The van der Waals surface area contributed by atoms with Gasteiger partial charge in [-0.1, -0.05) is 71.8 Å². The largest absolute Gasteiger partial charge is 0.788 e. The summed E-state index contributed by atoms with van der Waals surface area (Å²) in [4.78, 5) is 0. The normalized spacial score (nSPS) is 9.12. The van der Waals surface area contributed by atoms with Crippen LogP contribution in [-0.2, 0) is 36.8 Å². The molecule has 0 saturated carbocycles. The zero-order valence-corrected chi connectivity index (χ0v) is 20.2. The Morgan fingerprint density at radius 2 is 1.00 bits per heavy atom. The third-order valence-electron chi connectivity index (χ3n) is 3.43. The standard InChI is InChI=1S/2C7H8S.2C4H9.Sn/c2*8-6-7-4-2-1-3-5-7;2*1-3-4-2;/h2*1-5,8H,6H2;2*1,3-4H2,2H3;/q;;;;+2/p-2. The van der Waals surface area contributed by atoms with Crippen LogP contribution in [0.1, 0.15) is 50.7 Å². The number of hydrogen-bond acceptors (Lipinski definition) is 2. The fourth-order valence-electron chi connectivity index (χ4n) is 1.88. The Kier molecular flexibility index (Phi) is 20.2. The van der Waals surface area contributed by atoms with E-state index in [9.17, 15) is 0 Å². The molecular formula is C22H32S2Sn. The molecule has 0 radical (unpaired) electrons. The molecule has 0 fully saturated rings. The van der Waals surface area contributed by atoms with Crippen LogP contribution >= 0.6 is 0 Å². The Hall–Kier alpha value is -0.0613. The molecule has 0 N–H and O–H groups in total. The fourth-order valence-corrected chi connectivity index (χ4v) is 6.42. The van der Waals surface area contributed by atoms with E-state index >= 15 is 0 Å². The summed E-state index contributed by atoms with van der Waals surface area (Å²) in [6.45, 7) is 4.58. The Morgan fingerprint density at radius 3 is 1.24 bits per heavy atom. The van der Waals surface area contributed by atoms with Gasteiger partial charge in [0.05, 0.1) is 0 Å². The van der Waals surface area contributed by atoms with Gasteiger partial charge in [-0.25, -0.2) is 0 Å². The minimum Gasteiger partial charge on any atom is -0.788 e. The summed E-state index contributed by atoms with van der Waals surface area (Å²) in [5, 5.41) is 0. The molecule has 2 aromatic rings. The molecule has 0 aliphatic carbocycles. The first-order valence-electron chi connectivity index (χ1n) is 9.23. The molecular weight excluding hydrogens is 447 g/mol. The third-order valence-corrected chi connectivity index (χ3v) is 8.14. The van der Waals surface area contributed by atoms with Crippen molar-refractivity contribution in [2.75, 3.05) is 0 Å². The summed E-state index contributed by atoms with van der Waals surface area (Å²) in [7, 11) is 0. The van der Waals surface area contributed by atoms with Crippen LogP contribution < -0.4 is 0 Å². The van der Waals surface area contributed by atoms with E-state index < -0.39 is 0 Å². The molecule has 3 heteroatoms. The van der Waals surface area contributed by atoms with Crippen LogP contribution in [0.5, 0.6) is 0 Å². The molecule has 0 spiro atoms. The van der Waals surface area contributed by atoms with Gasteiger partial charge in [0, 0.05) is 0 Å². The number of rotatable bonds is 8. The molecule has 0 unspecified atom stereocenters. The molecule has 0 bridgehead atoms. The van der Waals surface area contributed by atoms with E-state index in [0.29, 0.717) is 0 Å². The van der Waals surface area contributed by atoms with E-state index in [1.165, 1.54) is 36.8 Å². The predicted octanol–water partition coefficient (Wildman–Crippen LogP) is 6.59. The van der Waals surface area contributed by atoms with Crippen LogP contribution in [0.3, 0.4) is 0 Å². The molecule has 0 heterocycles. The molecule has 0 amide bonds. The van der Waals surface area contributed by atoms with Crippen molar-refractivity contribution >= 4 is 46.4 Å². The van der Waals surface area contributed by atoms with Gasteiger partial charge in [0.25, 0.3) is 0 Å². The smallest absolute Gasteiger partial charge is 0.0610 e. The molecule has 0 atom stereocenters. The van der Waals surface area contributed by atoms with Gasteiger partial charge in [-0.3, -0.25) is 0 Å². The molecule has 25 heavy (non-hydrogen) atoms. The van der Waals surface area contributed by atoms with Gasteiger partial charge in [0.15, 0.2) is 0 Å². The van der Waals surface area contributed by atoms with Gasteiger partial charge in [-0.05, 0) is 0 Å². The average molecular weight is 479 g/mol. The quantitative estimate of drug-likeness (QED) is 0.238. The molecule has 0 nitrogen and oxygen atoms in total. The Balaban J connectivity index is 0.000000346. The summed E-state index contributed by atoms with van der Waals surface area (Å²) in [5.41, 5.74) is 2.45. The van der Waals surface area contributed by atoms with Crippen LogP contribution in [0.2, 0.25) is 8.87 Å². The molecule has 2 aromatic carbocycles. The van der Waals surface area contributed by atoms with Gasteiger partial charge < -0.3 is 25.3 Å². The van der Waals surface area contributed by atoms with E-state index in [2.05, 4.69) is 13.8 Å². The number of unbranched alkanes of at least 4 members (excludes halogenated alkanes) is 2. The molecule has 2 rings (SSSR count). The third kappa shape index (κ3) is 17.1. The van der Waals surface area contributed by atoms with Crippen molar-refractivity contribution in [2.45, 2.75) is 59.9 Å². The zero-order chi connectivity index (χ0) is 18.6. The number of hydrogen-bond donors (Lipinski definition) is 0. The second-order valence-corrected chi connectivity index (χ2v) is 10.6. The predicted molar refractivity (Wildman–Crippen MR) is 120 cm³/mol. The van der Waals surface area contributed by atoms with Crippen molar-refractivity contribution in [3.63, 3.8) is 0 Å². The molecule has 0 aliphatic heterocycles. The maximum atomic E-state index is 4.82. The molecule has 0 aromatic heterocycles. The van der Waals surface area contributed by atoms with Crippen LogP contribution in [0.4, 0.5) is 0 Å². The summed E-state index contributed by atoms with van der Waals surface area (Å²) in [5.74, 6) is 1.45. The van der Waals surface area contributed by atoms with Crippen molar-refractivity contribution in [3.05, 3.63) is 71.8 Å². The average Bonchev–Trinajstić information content (AvgIpc) is 2.70. The van der Waals surface area contributed by atoms with Crippen molar-refractivity contribution < 1.29 is 0 Å². The maximum absolute atomic E-state index is 4.82. The fraction of sp³-hybridized carbons (Fsp3) is 0.455. The summed E-state index contributed by atoms with van der Waals surface area (Å²) < 4.78 is 3.25. The zero-order valence-electron chi connectivity index (χ0n) is 15.7. The summed E-state index contributed by atoms with van der Waals surface area (Å²) >= 11 is 9.79. The maximum Gasteiger partial charge on any atom is -0.0610 e. The molecule has 0 aliphatic rings. The van der Waals surface area contributed by atoms with Gasteiger partial charge >= 0.3 is 69.5 Å². The summed E-state index contributed by atoms with van der Waals surface area (Å²) in [6, 6.07) is 20.1. The van der Waals surface area contributed by atoms with Crippen molar-refractivity contribution in [2.24, 2.45) is 0 Å². The second-order valence-electron chi connectivity index (χ2n) is 5.72. The summed E-state index contributed by atoms with van der Waals surface area (Å²) in [6.07, 6.45) is 5.84. The van der Waals surface area contributed by atoms with Crippen LogP contribution in [0.25, 0.3) is 0 Å². The van der Waals surface area contributed by atoms with Crippen LogP contribution in [0, 0.1) is 0 Å². The van der Waals surface area contributed by atoms with Gasteiger partial charge in [0.1, 0.15) is 0 Å². The minimum atomic E-state index is 0.149. The van der Waals surface area contributed by atoms with E-state index in [0.717, 1.165) is 11.5 Å². The number of benzene rings is 2. The van der Waals surface area contributed by atoms with Gasteiger partial charge in [-0.15, -0.1) is 0 Å². The minimum absolute atomic E-state index is 0.149. The Bertz CT molecular complexity index is 428.